The van der Waals surface area contributed by atoms with Crippen molar-refractivity contribution in [2.45, 2.75) is 0 Å². The van der Waals surface area contributed by atoms with Crippen molar-refractivity contribution in [1.29, 1.82) is 0 Å². The highest BCUT2D eigenvalue weighted by Crippen LogP contribution is 2.19. The van der Waals surface area contributed by atoms with Gasteiger partial charge in [-0.3, -0.25) is 0 Å². The third-order valence-corrected chi connectivity index (χ3v) is 2.58. The number of hydrogen-bond acceptors (Lipinski definition) is 3. The Bertz CT molecular complexity index is 499. The Kier molecular flexibility index (Phi) is 3.13. The van der Waals surface area contributed by atoms with E-state index < -0.39 is 7.12 Å². The van der Waals surface area contributed by atoms with Crippen molar-refractivity contribution in [3.8, 4) is 5.75 Å². The van der Waals surface area contributed by atoms with Gasteiger partial charge in [-0.1, -0.05) is 24.3 Å². The Labute approximate surface area is 94.8 Å². The first-order chi connectivity index (χ1) is 7.74. The third kappa shape index (κ3) is 2.03. The van der Waals surface area contributed by atoms with E-state index in [1.54, 1.807) is 7.11 Å². The minimum Gasteiger partial charge on any atom is -0.497 e. The van der Waals surface area contributed by atoms with Crippen LogP contribution in [0.5, 0.6) is 5.75 Å². The summed E-state index contributed by atoms with van der Waals surface area (Å²) in [5.41, 5.74) is 0.750. The molecule has 0 saturated carbocycles. The van der Waals surface area contributed by atoms with Gasteiger partial charge < -0.3 is 14.4 Å². The van der Waals surface area contributed by atoms with Gasteiger partial charge in [0.25, 0.3) is 0 Å². The second-order valence-corrected chi connectivity index (χ2v) is 3.56. The monoisotopic (exact) mass is 216 g/mol. The summed E-state index contributed by atoms with van der Waals surface area (Å²) in [5.74, 6) is 0.826. The zero-order chi connectivity index (χ0) is 11.5. The van der Waals surface area contributed by atoms with E-state index in [-0.39, 0.29) is 0 Å². The van der Waals surface area contributed by atoms with E-state index in [1.807, 2.05) is 36.4 Å². The molecule has 0 aliphatic carbocycles. The quantitative estimate of drug-likeness (QED) is 0.783. The Balaban J connectivity index is 2.47. The van der Waals surface area contributed by atoms with E-state index in [0.717, 1.165) is 22.0 Å². The average Bonchev–Trinajstić information content (AvgIpc) is 2.36. The fourth-order valence-corrected chi connectivity index (χ4v) is 1.66. The van der Waals surface area contributed by atoms with Crippen molar-refractivity contribution < 1.29 is 14.4 Å². The lowest BCUT2D eigenvalue weighted by atomic mass is 9.79. The number of rotatable bonds is 3. The summed E-state index contributed by atoms with van der Waals surface area (Å²) >= 11 is 0. The second kappa shape index (κ2) is 4.55. The molecule has 0 unspecified atom stereocenters. The van der Waals surface area contributed by atoms with Crippen molar-refractivity contribution >= 4 is 23.4 Å². The van der Waals surface area contributed by atoms with Crippen LogP contribution < -0.4 is 10.2 Å². The minimum absolute atomic E-state index is 0.750. The molecule has 1 N–H and O–H groups in total. The smallest absolute Gasteiger partial charge is 0.490 e. The van der Waals surface area contributed by atoms with Crippen LogP contribution in [0.25, 0.3) is 10.8 Å². The zero-order valence-electron chi connectivity index (χ0n) is 9.31. The molecule has 0 bridgehead atoms. The molecule has 4 heteroatoms. The van der Waals surface area contributed by atoms with Crippen LogP contribution in [0.1, 0.15) is 0 Å². The van der Waals surface area contributed by atoms with E-state index in [1.165, 1.54) is 7.11 Å². The zero-order valence-corrected chi connectivity index (χ0v) is 9.31. The lowest BCUT2D eigenvalue weighted by molar-refractivity contribution is 0.341. The Hall–Kier alpha value is -1.52. The van der Waals surface area contributed by atoms with Crippen molar-refractivity contribution in [2.24, 2.45) is 0 Å². The van der Waals surface area contributed by atoms with Crippen LogP contribution >= 0.6 is 0 Å². The Morgan fingerprint density at radius 2 is 1.69 bits per heavy atom. The number of fused-ring (bicyclic) bond motifs is 1. The van der Waals surface area contributed by atoms with Crippen LogP contribution in [-0.2, 0) is 4.65 Å². The van der Waals surface area contributed by atoms with Crippen LogP contribution in [0.3, 0.4) is 0 Å². The standard InChI is InChI=1S/C12H13BO3/c1-15-12-6-4-9-7-11(13(14)16-2)5-3-10(9)8-12/h3-8,14H,1-2H3. The number of ether oxygens (including phenoxy) is 1. The molecule has 82 valence electrons. The molecule has 2 aromatic rings. The SMILES string of the molecule is COB(O)c1ccc2cc(OC)ccc2c1. The predicted molar refractivity (Wildman–Crippen MR) is 65.1 cm³/mol. The number of hydrogen-bond donors (Lipinski definition) is 1. The van der Waals surface area contributed by atoms with Crippen LogP contribution in [0, 0.1) is 0 Å². The molecule has 0 radical (unpaired) electrons. The fourth-order valence-electron chi connectivity index (χ4n) is 1.66. The van der Waals surface area contributed by atoms with Gasteiger partial charge in [0.15, 0.2) is 0 Å². The summed E-state index contributed by atoms with van der Waals surface area (Å²) in [4.78, 5) is 0. The first-order valence-corrected chi connectivity index (χ1v) is 5.03. The maximum Gasteiger partial charge on any atom is 0.490 e. The summed E-state index contributed by atoms with van der Waals surface area (Å²) in [7, 11) is 2.25. The summed E-state index contributed by atoms with van der Waals surface area (Å²) < 4.78 is 10.0. The molecule has 0 spiro atoms. The molecular formula is C12H13BO3. The molecule has 0 atom stereocenters. The lowest BCUT2D eigenvalue weighted by Crippen LogP contribution is -2.32. The highest BCUT2D eigenvalue weighted by atomic mass is 16.5. The number of benzene rings is 2. The topological polar surface area (TPSA) is 38.7 Å². The van der Waals surface area contributed by atoms with Crippen LogP contribution in [0.2, 0.25) is 0 Å². The van der Waals surface area contributed by atoms with Gasteiger partial charge in [-0.25, -0.2) is 0 Å². The normalized spacial score (nSPS) is 10.4. The van der Waals surface area contributed by atoms with Gasteiger partial charge in [-0.15, -0.1) is 0 Å². The molecule has 3 nitrogen and oxygen atoms in total. The molecule has 2 aromatic carbocycles. The largest absolute Gasteiger partial charge is 0.497 e. The molecule has 0 fully saturated rings. The predicted octanol–water partition coefficient (Wildman–Crippen LogP) is 1.18. The van der Waals surface area contributed by atoms with E-state index >= 15 is 0 Å². The number of methoxy groups -OCH3 is 1. The second-order valence-electron chi connectivity index (χ2n) is 3.56. The Morgan fingerprint density at radius 1 is 1.00 bits per heavy atom. The van der Waals surface area contributed by atoms with Crippen molar-refractivity contribution in [3.63, 3.8) is 0 Å². The van der Waals surface area contributed by atoms with E-state index in [2.05, 4.69) is 0 Å². The molecule has 0 aliphatic heterocycles. The van der Waals surface area contributed by atoms with Gasteiger partial charge in [0, 0.05) is 7.11 Å². The van der Waals surface area contributed by atoms with Crippen LogP contribution in [0.4, 0.5) is 0 Å². The van der Waals surface area contributed by atoms with Gasteiger partial charge in [-0.2, -0.15) is 0 Å². The maximum absolute atomic E-state index is 9.54. The molecule has 2 rings (SSSR count). The van der Waals surface area contributed by atoms with Crippen LogP contribution in [-0.4, -0.2) is 26.4 Å². The van der Waals surface area contributed by atoms with E-state index in [4.69, 9.17) is 9.39 Å². The molecule has 16 heavy (non-hydrogen) atoms. The molecule has 0 aromatic heterocycles. The van der Waals surface area contributed by atoms with Gasteiger partial charge in [0.05, 0.1) is 7.11 Å². The molecule has 0 heterocycles. The minimum atomic E-state index is -0.869. The summed E-state index contributed by atoms with van der Waals surface area (Å²) in [6.45, 7) is 0. The van der Waals surface area contributed by atoms with Crippen molar-refractivity contribution in [1.82, 2.24) is 0 Å². The average molecular weight is 216 g/mol. The third-order valence-electron chi connectivity index (χ3n) is 2.58. The van der Waals surface area contributed by atoms with E-state index in [9.17, 15) is 5.02 Å². The van der Waals surface area contributed by atoms with Crippen molar-refractivity contribution in [2.75, 3.05) is 14.2 Å². The van der Waals surface area contributed by atoms with Gasteiger partial charge in [0.1, 0.15) is 5.75 Å². The highest BCUT2D eigenvalue weighted by Gasteiger charge is 2.14. The van der Waals surface area contributed by atoms with Gasteiger partial charge in [-0.05, 0) is 28.4 Å². The van der Waals surface area contributed by atoms with Gasteiger partial charge in [0.2, 0.25) is 0 Å². The van der Waals surface area contributed by atoms with Crippen LogP contribution in [0.15, 0.2) is 36.4 Å². The Morgan fingerprint density at radius 3 is 2.38 bits per heavy atom. The first kappa shape index (κ1) is 11.0. The lowest BCUT2D eigenvalue weighted by Gasteiger charge is -2.06. The summed E-state index contributed by atoms with van der Waals surface area (Å²) in [6, 6.07) is 11.5. The summed E-state index contributed by atoms with van der Waals surface area (Å²) in [5, 5.41) is 11.7. The molecular weight excluding hydrogens is 203 g/mol. The maximum atomic E-state index is 9.54. The summed E-state index contributed by atoms with van der Waals surface area (Å²) in [6.07, 6.45) is 0. The van der Waals surface area contributed by atoms with Gasteiger partial charge >= 0.3 is 7.12 Å². The molecule has 0 amide bonds. The van der Waals surface area contributed by atoms with Crippen molar-refractivity contribution in [3.05, 3.63) is 36.4 Å². The molecule has 0 saturated heterocycles. The molecule has 0 aliphatic rings. The first-order valence-electron chi connectivity index (χ1n) is 5.03. The highest BCUT2D eigenvalue weighted by molar-refractivity contribution is 6.60. The van der Waals surface area contributed by atoms with E-state index in [0.29, 0.717) is 0 Å². The fraction of sp³-hybridized carbons (Fsp3) is 0.167.